The molecule has 0 bridgehead atoms. The number of allylic oxidation sites excluding steroid dienone is 5. The number of hydrogen-bond acceptors (Lipinski definition) is 8. The van der Waals surface area contributed by atoms with E-state index in [1.54, 1.807) is 6.08 Å². The molecule has 49 heavy (non-hydrogen) atoms. The van der Waals surface area contributed by atoms with Crippen LogP contribution in [0, 0.1) is 0 Å². The molecule has 2 aromatic rings. The number of aliphatic carboxylic acids is 1. The van der Waals surface area contributed by atoms with E-state index in [4.69, 9.17) is 10.1 Å². The third kappa shape index (κ3) is 6.35. The van der Waals surface area contributed by atoms with Crippen molar-refractivity contribution in [1.82, 2.24) is 10.6 Å². The Morgan fingerprint density at radius 1 is 1.02 bits per heavy atom. The zero-order valence-corrected chi connectivity index (χ0v) is 29.0. The number of anilines is 1. The van der Waals surface area contributed by atoms with Crippen LogP contribution in [0.3, 0.4) is 0 Å². The molecule has 6 rings (SSSR count). The predicted molar refractivity (Wildman–Crippen MR) is 188 cm³/mol. The quantitative estimate of drug-likeness (QED) is 0.138. The molecule has 258 valence electrons. The van der Waals surface area contributed by atoms with Crippen molar-refractivity contribution in [3.05, 3.63) is 93.8 Å². The Morgan fingerprint density at radius 2 is 1.71 bits per heavy atom. The van der Waals surface area contributed by atoms with Crippen LogP contribution in [0.5, 0.6) is 0 Å². The van der Waals surface area contributed by atoms with E-state index >= 15 is 0 Å². The standard InChI is InChI=1S/C37H42N4O7S/c1-36(2)24-13-5-7-15-26(24)39-29(36)20-23-32(40-27(21-49(46,47)48)35(45)38-18-10-9-17-30(42)43)31(33(23)44)22-12-11-19-41-28-16-8-6-14-25(28)37(3,4)34(22)41/h5-8,13-16,20,27,40H,9-12,17-19,21H2,1-4H3,(H,38,45)(H,42,43)(H,46,47,48)/b23-20-. The first-order valence-corrected chi connectivity index (χ1v) is 18.2. The van der Waals surface area contributed by atoms with Gasteiger partial charge in [-0.2, -0.15) is 8.42 Å². The molecule has 1 atom stereocenters. The number of unbranched alkanes of at least 4 members (excludes halogenated alkanes) is 1. The molecule has 1 unspecified atom stereocenters. The lowest BCUT2D eigenvalue weighted by molar-refractivity contribution is -0.137. The Balaban J connectivity index is 1.44. The van der Waals surface area contributed by atoms with Gasteiger partial charge in [0.05, 0.1) is 22.7 Å². The SMILES string of the molecule is CC1(C)C(/C=C2\C(=O)C(C3=C4N(CCC3)c3ccccc3C4(C)C)=C2NC(CS(=O)(=O)O)C(=O)NCCCCC(=O)O)=Nc2ccccc21. The number of benzene rings is 2. The number of hydrogen-bond donors (Lipinski definition) is 4. The summed E-state index contributed by atoms with van der Waals surface area (Å²) < 4.78 is 34.3. The number of fused-ring (bicyclic) bond motifs is 4. The summed E-state index contributed by atoms with van der Waals surface area (Å²) in [7, 11) is -4.64. The molecule has 12 heteroatoms. The number of Topliss-reactive ketones (excluding diaryl/α,β-unsaturated/α-hetero) is 1. The first-order valence-electron chi connectivity index (χ1n) is 16.6. The molecule has 0 radical (unpaired) electrons. The molecule has 0 fully saturated rings. The molecule has 1 aliphatic carbocycles. The van der Waals surface area contributed by atoms with Crippen molar-refractivity contribution in [2.75, 3.05) is 23.7 Å². The van der Waals surface area contributed by atoms with Gasteiger partial charge in [-0.25, -0.2) is 0 Å². The smallest absolute Gasteiger partial charge is 0.303 e. The molecule has 4 aliphatic rings. The van der Waals surface area contributed by atoms with Gasteiger partial charge in [0, 0.05) is 47.3 Å². The summed E-state index contributed by atoms with van der Waals surface area (Å²) in [6.07, 6.45) is 3.75. The number of ketones is 1. The number of amides is 1. The van der Waals surface area contributed by atoms with E-state index in [0.29, 0.717) is 36.2 Å². The minimum absolute atomic E-state index is 0.0616. The van der Waals surface area contributed by atoms with Crippen LogP contribution in [0.4, 0.5) is 11.4 Å². The largest absolute Gasteiger partial charge is 0.481 e. The van der Waals surface area contributed by atoms with E-state index in [1.807, 2.05) is 50.2 Å². The number of carbonyl (C=O) groups is 3. The van der Waals surface area contributed by atoms with Gasteiger partial charge in [-0.3, -0.25) is 23.9 Å². The molecule has 11 nitrogen and oxygen atoms in total. The van der Waals surface area contributed by atoms with Crippen LogP contribution < -0.4 is 15.5 Å². The zero-order chi connectivity index (χ0) is 35.3. The summed E-state index contributed by atoms with van der Waals surface area (Å²) in [6, 6.07) is 14.5. The van der Waals surface area contributed by atoms with Gasteiger partial charge >= 0.3 is 5.97 Å². The van der Waals surface area contributed by atoms with Gasteiger partial charge < -0.3 is 20.6 Å². The van der Waals surface area contributed by atoms with Crippen molar-refractivity contribution in [1.29, 1.82) is 0 Å². The van der Waals surface area contributed by atoms with Gasteiger partial charge in [0.15, 0.2) is 5.78 Å². The Morgan fingerprint density at radius 3 is 2.41 bits per heavy atom. The second-order valence-corrected chi connectivity index (χ2v) is 15.6. The molecule has 0 saturated heterocycles. The molecular weight excluding hydrogens is 644 g/mol. The molecule has 3 aliphatic heterocycles. The minimum atomic E-state index is -4.64. The van der Waals surface area contributed by atoms with Crippen LogP contribution in [0.25, 0.3) is 0 Å². The van der Waals surface area contributed by atoms with E-state index in [1.165, 1.54) is 0 Å². The van der Waals surface area contributed by atoms with Crippen molar-refractivity contribution in [2.45, 2.75) is 76.7 Å². The number of nitrogens with one attached hydrogen (secondary N) is 2. The van der Waals surface area contributed by atoms with Gasteiger partial charge in [0.1, 0.15) is 11.8 Å². The lowest BCUT2D eigenvalue weighted by atomic mass is 9.72. The Hall–Kier alpha value is -4.55. The van der Waals surface area contributed by atoms with Crippen LogP contribution in [-0.2, 0) is 35.3 Å². The van der Waals surface area contributed by atoms with Crippen LogP contribution in [-0.4, -0.2) is 66.3 Å². The summed E-state index contributed by atoms with van der Waals surface area (Å²) in [5, 5.41) is 14.7. The minimum Gasteiger partial charge on any atom is -0.481 e. The van der Waals surface area contributed by atoms with E-state index in [2.05, 4.69) is 41.5 Å². The van der Waals surface area contributed by atoms with Gasteiger partial charge in [0.2, 0.25) is 5.91 Å². The first kappa shape index (κ1) is 34.3. The molecule has 0 aromatic heterocycles. The lowest BCUT2D eigenvalue weighted by Crippen LogP contribution is -2.51. The maximum Gasteiger partial charge on any atom is 0.303 e. The molecule has 0 saturated carbocycles. The molecule has 2 aromatic carbocycles. The Kier molecular flexibility index (Phi) is 8.91. The maximum atomic E-state index is 14.4. The van der Waals surface area contributed by atoms with Crippen molar-refractivity contribution in [3.8, 4) is 0 Å². The van der Waals surface area contributed by atoms with Crippen LogP contribution in [0.1, 0.15) is 70.9 Å². The van der Waals surface area contributed by atoms with Gasteiger partial charge in [0.25, 0.3) is 10.1 Å². The monoisotopic (exact) mass is 686 g/mol. The fourth-order valence-corrected chi connectivity index (χ4v) is 8.20. The summed E-state index contributed by atoms with van der Waals surface area (Å²) >= 11 is 0. The fraction of sp³-hybridized carbons (Fsp3) is 0.405. The highest BCUT2D eigenvalue weighted by Gasteiger charge is 2.48. The number of carbonyl (C=O) groups excluding carboxylic acids is 2. The first-order chi connectivity index (χ1) is 23.1. The van der Waals surface area contributed by atoms with Crippen LogP contribution >= 0.6 is 0 Å². The normalized spacial score (nSPS) is 20.3. The Bertz CT molecular complexity index is 1990. The Labute approximate surface area is 286 Å². The summed E-state index contributed by atoms with van der Waals surface area (Å²) in [5.41, 5.74) is 6.61. The average molecular weight is 687 g/mol. The van der Waals surface area contributed by atoms with Crippen molar-refractivity contribution in [2.24, 2.45) is 4.99 Å². The zero-order valence-electron chi connectivity index (χ0n) is 28.2. The van der Waals surface area contributed by atoms with Gasteiger partial charge in [-0.05, 0) is 60.6 Å². The lowest BCUT2D eigenvalue weighted by Gasteiger charge is -2.39. The number of aliphatic imine (C=N–C) groups is 1. The summed E-state index contributed by atoms with van der Waals surface area (Å²) in [4.78, 5) is 45.8. The number of carboxylic acid groups (broad SMARTS) is 1. The number of carboxylic acids is 1. The maximum absolute atomic E-state index is 14.4. The predicted octanol–water partition coefficient (Wildman–Crippen LogP) is 4.88. The van der Waals surface area contributed by atoms with Crippen molar-refractivity contribution >= 4 is 44.9 Å². The third-order valence-corrected chi connectivity index (χ3v) is 10.7. The van der Waals surface area contributed by atoms with Gasteiger partial charge in [-0.15, -0.1) is 0 Å². The average Bonchev–Trinajstić information content (AvgIpc) is 3.44. The molecular formula is C37H42N4O7S. The fourth-order valence-electron chi connectivity index (χ4n) is 7.54. The van der Waals surface area contributed by atoms with E-state index in [0.717, 1.165) is 46.7 Å². The third-order valence-electron chi connectivity index (χ3n) is 9.99. The number of nitrogens with zero attached hydrogens (tertiary/aromatic N) is 2. The topological polar surface area (TPSA) is 165 Å². The van der Waals surface area contributed by atoms with E-state index < -0.39 is 44.6 Å². The van der Waals surface area contributed by atoms with E-state index in [-0.39, 0.29) is 24.3 Å². The summed E-state index contributed by atoms with van der Waals surface area (Å²) in [6.45, 7) is 9.21. The highest BCUT2D eigenvalue weighted by atomic mass is 32.2. The van der Waals surface area contributed by atoms with Crippen LogP contribution in [0.15, 0.2) is 87.7 Å². The molecule has 1 amide bonds. The second-order valence-electron chi connectivity index (χ2n) is 14.1. The number of para-hydroxylation sites is 2. The highest BCUT2D eigenvalue weighted by Crippen LogP contribution is 2.53. The number of rotatable bonds is 12. The second kappa shape index (κ2) is 12.7. The molecule has 4 N–H and O–H groups in total. The summed E-state index contributed by atoms with van der Waals surface area (Å²) in [5.74, 6) is -2.80. The molecule has 3 heterocycles. The highest BCUT2D eigenvalue weighted by molar-refractivity contribution is 7.85. The molecule has 0 spiro atoms. The van der Waals surface area contributed by atoms with E-state index in [9.17, 15) is 27.4 Å². The van der Waals surface area contributed by atoms with Crippen molar-refractivity contribution in [3.63, 3.8) is 0 Å². The van der Waals surface area contributed by atoms with Gasteiger partial charge in [-0.1, -0.05) is 64.1 Å². The van der Waals surface area contributed by atoms with Crippen LogP contribution in [0.2, 0.25) is 0 Å². The van der Waals surface area contributed by atoms with Crippen molar-refractivity contribution < 1.29 is 32.5 Å².